The molecule has 0 bridgehead atoms. The lowest BCUT2D eigenvalue weighted by atomic mass is 10.1. The van der Waals surface area contributed by atoms with Gasteiger partial charge >= 0.3 is 5.97 Å². The average molecular weight is 321 g/mol. The fourth-order valence-electron chi connectivity index (χ4n) is 2.75. The van der Waals surface area contributed by atoms with E-state index >= 15 is 0 Å². The number of carbonyl (C=O) groups is 1. The van der Waals surface area contributed by atoms with Gasteiger partial charge in [0.05, 0.1) is 0 Å². The van der Waals surface area contributed by atoms with Crippen molar-refractivity contribution in [2.45, 2.75) is 44.6 Å². The smallest absolute Gasteiger partial charge is 0.320 e. The molecule has 0 amide bonds. The summed E-state index contributed by atoms with van der Waals surface area (Å²) in [4.78, 5) is 15.5. The van der Waals surface area contributed by atoms with Crippen molar-refractivity contribution in [3.8, 4) is 0 Å². The average Bonchev–Trinajstić information content (AvgIpc) is 2.57. The molecule has 0 fully saturated rings. The number of aromatic nitrogens is 1. The lowest BCUT2D eigenvalue weighted by Gasteiger charge is -2.17. The van der Waals surface area contributed by atoms with Gasteiger partial charge in [0.15, 0.2) is 0 Å². The molecule has 0 aliphatic carbocycles. The molecule has 128 valence electrons. The first-order valence-electron chi connectivity index (χ1n) is 8.41. The fraction of sp³-hybridized carbons (Fsp3) is 0.647. The molecule has 1 unspecified atom stereocenters. The molecule has 2 rings (SSSR count). The molecule has 2 heterocycles. The van der Waals surface area contributed by atoms with Gasteiger partial charge in [-0.1, -0.05) is 6.07 Å². The maximum absolute atomic E-state index is 10.8. The zero-order valence-electron chi connectivity index (χ0n) is 13.8. The standard InChI is InChI=1S/C17H27N3O3/c1-18-15(17(21)22)7-4-12-23-11-3-6-14-9-8-13-5-2-10-19-16(13)20-14/h8-9,15,18H,2-7,10-12H2,1H3,(H,19,20)(H,21,22). The monoisotopic (exact) mass is 321 g/mol. The summed E-state index contributed by atoms with van der Waals surface area (Å²) in [5.41, 5.74) is 2.41. The van der Waals surface area contributed by atoms with Crippen LogP contribution in [0.15, 0.2) is 12.1 Å². The van der Waals surface area contributed by atoms with Crippen molar-refractivity contribution in [3.05, 3.63) is 23.4 Å². The highest BCUT2D eigenvalue weighted by Crippen LogP contribution is 2.20. The normalized spacial score (nSPS) is 14.8. The Balaban J connectivity index is 1.58. The highest BCUT2D eigenvalue weighted by Gasteiger charge is 2.13. The number of carboxylic acids is 1. The molecule has 6 heteroatoms. The summed E-state index contributed by atoms with van der Waals surface area (Å²) in [7, 11) is 1.67. The molecule has 0 saturated heterocycles. The van der Waals surface area contributed by atoms with Crippen LogP contribution in [-0.4, -0.2) is 48.9 Å². The summed E-state index contributed by atoms with van der Waals surface area (Å²) >= 11 is 0. The number of hydrogen-bond acceptors (Lipinski definition) is 5. The molecule has 0 aromatic carbocycles. The van der Waals surface area contributed by atoms with Crippen LogP contribution in [0.4, 0.5) is 5.82 Å². The summed E-state index contributed by atoms with van der Waals surface area (Å²) in [6.07, 6.45) is 5.47. The van der Waals surface area contributed by atoms with Crippen LogP contribution in [-0.2, 0) is 22.4 Å². The lowest BCUT2D eigenvalue weighted by Crippen LogP contribution is -2.33. The van der Waals surface area contributed by atoms with E-state index in [1.807, 2.05) is 0 Å². The van der Waals surface area contributed by atoms with E-state index in [4.69, 9.17) is 9.84 Å². The zero-order chi connectivity index (χ0) is 16.5. The quantitative estimate of drug-likeness (QED) is 0.570. The molecular formula is C17H27N3O3. The molecule has 6 nitrogen and oxygen atoms in total. The molecule has 0 saturated carbocycles. The van der Waals surface area contributed by atoms with Crippen LogP contribution >= 0.6 is 0 Å². The summed E-state index contributed by atoms with van der Waals surface area (Å²) in [6, 6.07) is 3.80. The highest BCUT2D eigenvalue weighted by molar-refractivity contribution is 5.73. The molecule has 1 aliphatic heterocycles. The number of nitrogens with one attached hydrogen (secondary N) is 2. The SMILES string of the molecule is CNC(CCCOCCCc1ccc2c(n1)NCCC2)C(=O)O. The van der Waals surface area contributed by atoms with Crippen LogP contribution < -0.4 is 10.6 Å². The minimum absolute atomic E-state index is 0.481. The van der Waals surface area contributed by atoms with E-state index in [0.717, 1.165) is 43.7 Å². The van der Waals surface area contributed by atoms with Crippen LogP contribution in [0.2, 0.25) is 0 Å². The van der Waals surface area contributed by atoms with Crippen LogP contribution in [0.3, 0.4) is 0 Å². The van der Waals surface area contributed by atoms with Crippen molar-refractivity contribution in [2.75, 3.05) is 32.1 Å². The van der Waals surface area contributed by atoms with Crippen LogP contribution in [0, 0.1) is 0 Å². The summed E-state index contributed by atoms with van der Waals surface area (Å²) in [5, 5.41) is 15.0. The van der Waals surface area contributed by atoms with Gasteiger partial charge in [0.25, 0.3) is 0 Å². The topological polar surface area (TPSA) is 83.5 Å². The number of aryl methyl sites for hydroxylation is 2. The Hall–Kier alpha value is -1.66. The van der Waals surface area contributed by atoms with Crippen LogP contribution in [0.1, 0.15) is 36.9 Å². The van der Waals surface area contributed by atoms with Gasteiger partial charge in [-0.15, -0.1) is 0 Å². The maximum Gasteiger partial charge on any atom is 0.320 e. The first-order valence-corrected chi connectivity index (χ1v) is 8.41. The number of anilines is 1. The zero-order valence-corrected chi connectivity index (χ0v) is 13.8. The van der Waals surface area contributed by atoms with E-state index in [1.54, 1.807) is 7.05 Å². The number of ether oxygens (including phenoxy) is 1. The third kappa shape index (κ3) is 5.80. The molecular weight excluding hydrogens is 294 g/mol. The number of likely N-dealkylation sites (N-methyl/N-ethyl adjacent to an activating group) is 1. The van der Waals surface area contributed by atoms with Crippen molar-refractivity contribution < 1.29 is 14.6 Å². The van der Waals surface area contributed by atoms with Crippen molar-refractivity contribution >= 4 is 11.8 Å². The first-order chi connectivity index (χ1) is 11.2. The number of pyridine rings is 1. The van der Waals surface area contributed by atoms with Gasteiger partial charge in [-0.3, -0.25) is 4.79 Å². The van der Waals surface area contributed by atoms with Crippen LogP contribution in [0.25, 0.3) is 0 Å². The number of rotatable bonds is 10. The Labute approximate surface area is 137 Å². The minimum Gasteiger partial charge on any atom is -0.480 e. The molecule has 1 aromatic heterocycles. The Morgan fingerprint density at radius 1 is 1.43 bits per heavy atom. The van der Waals surface area contributed by atoms with Gasteiger partial charge < -0.3 is 20.5 Å². The number of nitrogens with zero attached hydrogens (tertiary/aromatic N) is 1. The molecule has 1 atom stereocenters. The third-order valence-corrected chi connectivity index (χ3v) is 4.10. The van der Waals surface area contributed by atoms with E-state index in [1.165, 1.54) is 12.0 Å². The van der Waals surface area contributed by atoms with Gasteiger partial charge in [0.2, 0.25) is 0 Å². The molecule has 3 N–H and O–H groups in total. The third-order valence-electron chi connectivity index (χ3n) is 4.10. The Morgan fingerprint density at radius 2 is 2.26 bits per heavy atom. The van der Waals surface area contributed by atoms with Crippen molar-refractivity contribution in [2.24, 2.45) is 0 Å². The number of hydrogen-bond donors (Lipinski definition) is 3. The second-order valence-electron chi connectivity index (χ2n) is 5.88. The number of aliphatic carboxylic acids is 1. The lowest BCUT2D eigenvalue weighted by molar-refractivity contribution is -0.139. The van der Waals surface area contributed by atoms with Gasteiger partial charge in [0, 0.05) is 25.5 Å². The summed E-state index contributed by atoms with van der Waals surface area (Å²) < 4.78 is 5.58. The Kier molecular flexibility index (Phi) is 7.29. The maximum atomic E-state index is 10.8. The van der Waals surface area contributed by atoms with E-state index in [0.29, 0.717) is 19.6 Å². The largest absolute Gasteiger partial charge is 0.480 e. The van der Waals surface area contributed by atoms with Gasteiger partial charge in [-0.2, -0.15) is 0 Å². The molecule has 0 radical (unpaired) electrons. The predicted molar refractivity (Wildman–Crippen MR) is 89.9 cm³/mol. The van der Waals surface area contributed by atoms with Crippen molar-refractivity contribution in [3.63, 3.8) is 0 Å². The van der Waals surface area contributed by atoms with E-state index in [2.05, 4.69) is 27.8 Å². The highest BCUT2D eigenvalue weighted by atomic mass is 16.5. The first kappa shape index (κ1) is 17.7. The van der Waals surface area contributed by atoms with Crippen molar-refractivity contribution in [1.82, 2.24) is 10.3 Å². The number of fused-ring (bicyclic) bond motifs is 1. The predicted octanol–water partition coefficient (Wildman–Crippen LogP) is 1.84. The van der Waals surface area contributed by atoms with E-state index in [-0.39, 0.29) is 0 Å². The molecule has 23 heavy (non-hydrogen) atoms. The van der Waals surface area contributed by atoms with Gasteiger partial charge in [-0.05, 0) is 57.2 Å². The second kappa shape index (κ2) is 9.47. The second-order valence-corrected chi connectivity index (χ2v) is 5.88. The molecule has 1 aromatic rings. The summed E-state index contributed by atoms with van der Waals surface area (Å²) in [6.45, 7) is 2.30. The van der Waals surface area contributed by atoms with Gasteiger partial charge in [0.1, 0.15) is 11.9 Å². The van der Waals surface area contributed by atoms with E-state index in [9.17, 15) is 4.79 Å². The summed E-state index contributed by atoms with van der Waals surface area (Å²) in [5.74, 6) is 0.237. The molecule has 0 spiro atoms. The Bertz CT molecular complexity index is 508. The minimum atomic E-state index is -0.806. The van der Waals surface area contributed by atoms with E-state index < -0.39 is 12.0 Å². The molecule has 1 aliphatic rings. The van der Waals surface area contributed by atoms with Gasteiger partial charge in [-0.25, -0.2) is 4.98 Å². The fourth-order valence-corrected chi connectivity index (χ4v) is 2.75. The Morgan fingerprint density at radius 3 is 3.04 bits per heavy atom. The van der Waals surface area contributed by atoms with Crippen molar-refractivity contribution in [1.29, 1.82) is 0 Å². The van der Waals surface area contributed by atoms with Crippen LogP contribution in [0.5, 0.6) is 0 Å². The number of carboxylic acid groups (broad SMARTS) is 1.